The Labute approximate surface area is 135 Å². The van der Waals surface area contributed by atoms with Crippen LogP contribution in [0.3, 0.4) is 0 Å². The molecule has 1 aromatic rings. The van der Waals surface area contributed by atoms with Gasteiger partial charge in [0, 0.05) is 12.6 Å². The SMILES string of the molecule is CC(C)Cc1ccc(C(O)CN(C)C2CCN(C)CC2)cc1. The zero-order chi connectivity index (χ0) is 16.1. The van der Waals surface area contributed by atoms with Crippen molar-refractivity contribution in [2.45, 2.75) is 45.3 Å². The van der Waals surface area contributed by atoms with Crippen LogP contribution in [-0.4, -0.2) is 54.7 Å². The average Bonchev–Trinajstić information content (AvgIpc) is 2.48. The smallest absolute Gasteiger partial charge is 0.0916 e. The van der Waals surface area contributed by atoms with E-state index in [-0.39, 0.29) is 0 Å². The van der Waals surface area contributed by atoms with Crippen LogP contribution >= 0.6 is 0 Å². The van der Waals surface area contributed by atoms with Gasteiger partial charge in [0.2, 0.25) is 0 Å². The van der Waals surface area contributed by atoms with Crippen molar-refractivity contribution in [2.75, 3.05) is 33.7 Å². The highest BCUT2D eigenvalue weighted by atomic mass is 16.3. The van der Waals surface area contributed by atoms with Gasteiger partial charge in [0.1, 0.15) is 0 Å². The molecule has 0 saturated carbocycles. The number of piperidine rings is 1. The van der Waals surface area contributed by atoms with E-state index in [1.807, 2.05) is 0 Å². The topological polar surface area (TPSA) is 26.7 Å². The molecule has 1 fully saturated rings. The summed E-state index contributed by atoms with van der Waals surface area (Å²) in [7, 11) is 4.33. The fourth-order valence-electron chi connectivity index (χ4n) is 3.31. The van der Waals surface area contributed by atoms with Crippen LogP contribution in [0, 0.1) is 5.92 Å². The van der Waals surface area contributed by atoms with Gasteiger partial charge in [-0.05, 0) is 63.5 Å². The molecule has 0 aliphatic carbocycles. The Kier molecular flexibility index (Phi) is 6.42. The molecule has 1 aliphatic rings. The lowest BCUT2D eigenvalue weighted by Crippen LogP contribution is -2.43. The molecule has 22 heavy (non-hydrogen) atoms. The van der Waals surface area contributed by atoms with E-state index in [2.05, 4.69) is 62.0 Å². The predicted octanol–water partition coefficient (Wildman–Crippen LogP) is 2.94. The summed E-state index contributed by atoms with van der Waals surface area (Å²) in [5.74, 6) is 0.673. The summed E-state index contributed by atoms with van der Waals surface area (Å²) in [5.41, 5.74) is 2.39. The lowest BCUT2D eigenvalue weighted by Gasteiger charge is -2.36. The second kappa shape index (κ2) is 8.09. The summed E-state index contributed by atoms with van der Waals surface area (Å²) in [5, 5.41) is 10.5. The van der Waals surface area contributed by atoms with Crippen LogP contribution in [0.2, 0.25) is 0 Å². The minimum absolute atomic E-state index is 0.391. The second-order valence-corrected chi connectivity index (χ2v) is 7.33. The van der Waals surface area contributed by atoms with Crippen LogP contribution in [0.25, 0.3) is 0 Å². The van der Waals surface area contributed by atoms with Crippen molar-refractivity contribution in [1.29, 1.82) is 0 Å². The van der Waals surface area contributed by atoms with Crippen LogP contribution in [0.4, 0.5) is 0 Å². The van der Waals surface area contributed by atoms with Crippen molar-refractivity contribution in [3.8, 4) is 0 Å². The van der Waals surface area contributed by atoms with Crippen LogP contribution in [0.5, 0.6) is 0 Å². The number of aliphatic hydroxyl groups excluding tert-OH is 1. The van der Waals surface area contributed by atoms with E-state index in [4.69, 9.17) is 0 Å². The number of rotatable bonds is 6. The van der Waals surface area contributed by atoms with E-state index < -0.39 is 6.10 Å². The monoisotopic (exact) mass is 304 g/mol. The molecule has 0 bridgehead atoms. The first kappa shape index (κ1) is 17.5. The predicted molar refractivity (Wildman–Crippen MR) is 93.1 cm³/mol. The summed E-state index contributed by atoms with van der Waals surface area (Å²) in [6, 6.07) is 9.10. The molecule has 1 saturated heterocycles. The summed E-state index contributed by atoms with van der Waals surface area (Å²) in [4.78, 5) is 4.72. The summed E-state index contributed by atoms with van der Waals surface area (Å²) < 4.78 is 0. The molecule has 1 aromatic carbocycles. The summed E-state index contributed by atoms with van der Waals surface area (Å²) >= 11 is 0. The molecule has 1 N–H and O–H groups in total. The van der Waals surface area contributed by atoms with Gasteiger partial charge >= 0.3 is 0 Å². The van der Waals surface area contributed by atoms with Crippen molar-refractivity contribution in [2.24, 2.45) is 5.92 Å². The maximum atomic E-state index is 10.5. The molecule has 1 heterocycles. The highest BCUT2D eigenvalue weighted by molar-refractivity contribution is 5.24. The van der Waals surface area contributed by atoms with Gasteiger partial charge in [-0.1, -0.05) is 38.1 Å². The van der Waals surface area contributed by atoms with Crippen LogP contribution in [0.15, 0.2) is 24.3 Å². The molecule has 0 radical (unpaired) electrons. The third kappa shape index (κ3) is 5.08. The van der Waals surface area contributed by atoms with Crippen LogP contribution < -0.4 is 0 Å². The molecule has 1 atom stereocenters. The Hall–Kier alpha value is -0.900. The van der Waals surface area contributed by atoms with E-state index in [0.29, 0.717) is 12.0 Å². The summed E-state index contributed by atoms with van der Waals surface area (Å²) in [6.45, 7) is 7.51. The standard InChI is InChI=1S/C19H32N2O/c1-15(2)13-16-5-7-17(8-6-16)19(22)14-21(4)18-9-11-20(3)12-10-18/h5-8,15,18-19,22H,9-14H2,1-4H3. The van der Waals surface area contributed by atoms with E-state index in [1.54, 1.807) is 0 Å². The molecule has 0 amide bonds. The number of nitrogens with zero attached hydrogens (tertiary/aromatic N) is 2. The molecule has 124 valence electrons. The zero-order valence-electron chi connectivity index (χ0n) is 14.6. The van der Waals surface area contributed by atoms with Gasteiger partial charge in [-0.25, -0.2) is 0 Å². The van der Waals surface area contributed by atoms with Crippen molar-refractivity contribution >= 4 is 0 Å². The molecular formula is C19H32N2O. The number of likely N-dealkylation sites (tertiary alicyclic amines) is 1. The Bertz CT molecular complexity index is 435. The van der Waals surface area contributed by atoms with E-state index in [1.165, 1.54) is 18.4 Å². The Balaban J connectivity index is 1.87. The lowest BCUT2D eigenvalue weighted by atomic mass is 9.99. The van der Waals surface area contributed by atoms with Gasteiger partial charge in [-0.15, -0.1) is 0 Å². The quantitative estimate of drug-likeness (QED) is 0.875. The Morgan fingerprint density at radius 2 is 1.77 bits per heavy atom. The molecule has 3 nitrogen and oxygen atoms in total. The first-order valence-corrected chi connectivity index (χ1v) is 8.61. The van der Waals surface area contributed by atoms with Crippen molar-refractivity contribution in [3.63, 3.8) is 0 Å². The van der Waals surface area contributed by atoms with E-state index >= 15 is 0 Å². The minimum Gasteiger partial charge on any atom is -0.387 e. The zero-order valence-corrected chi connectivity index (χ0v) is 14.6. The Morgan fingerprint density at radius 3 is 2.32 bits per heavy atom. The first-order valence-electron chi connectivity index (χ1n) is 8.61. The molecule has 0 aromatic heterocycles. The first-order chi connectivity index (χ1) is 10.5. The third-order valence-electron chi connectivity index (χ3n) is 4.78. The van der Waals surface area contributed by atoms with Crippen LogP contribution in [0.1, 0.15) is 43.9 Å². The van der Waals surface area contributed by atoms with E-state index in [0.717, 1.165) is 31.6 Å². The number of benzene rings is 1. The number of hydrogen-bond acceptors (Lipinski definition) is 3. The third-order valence-corrected chi connectivity index (χ3v) is 4.78. The molecule has 1 aliphatic heterocycles. The minimum atomic E-state index is -0.391. The maximum Gasteiger partial charge on any atom is 0.0916 e. The highest BCUT2D eigenvalue weighted by Gasteiger charge is 2.22. The van der Waals surface area contributed by atoms with Gasteiger partial charge < -0.3 is 14.9 Å². The molecule has 2 rings (SSSR count). The second-order valence-electron chi connectivity index (χ2n) is 7.33. The van der Waals surface area contributed by atoms with Crippen molar-refractivity contribution in [1.82, 2.24) is 9.80 Å². The number of hydrogen-bond donors (Lipinski definition) is 1. The molecule has 1 unspecified atom stereocenters. The van der Waals surface area contributed by atoms with Gasteiger partial charge in [-0.2, -0.15) is 0 Å². The highest BCUT2D eigenvalue weighted by Crippen LogP contribution is 2.20. The van der Waals surface area contributed by atoms with Crippen molar-refractivity contribution < 1.29 is 5.11 Å². The largest absolute Gasteiger partial charge is 0.387 e. The summed E-state index contributed by atoms with van der Waals surface area (Å²) in [6.07, 6.45) is 3.11. The normalized spacial score (nSPS) is 19.0. The molecule has 0 spiro atoms. The molecular weight excluding hydrogens is 272 g/mol. The van der Waals surface area contributed by atoms with E-state index in [9.17, 15) is 5.11 Å². The number of aliphatic hydroxyl groups is 1. The van der Waals surface area contributed by atoms with Gasteiger partial charge in [-0.3, -0.25) is 0 Å². The van der Waals surface area contributed by atoms with Crippen molar-refractivity contribution in [3.05, 3.63) is 35.4 Å². The fourth-order valence-corrected chi connectivity index (χ4v) is 3.31. The average molecular weight is 304 g/mol. The number of likely N-dealkylation sites (N-methyl/N-ethyl adjacent to an activating group) is 1. The van der Waals surface area contributed by atoms with Gasteiger partial charge in [0.15, 0.2) is 0 Å². The fraction of sp³-hybridized carbons (Fsp3) is 0.684. The van der Waals surface area contributed by atoms with Gasteiger partial charge in [0.05, 0.1) is 6.10 Å². The molecule has 3 heteroatoms. The van der Waals surface area contributed by atoms with Crippen LogP contribution in [-0.2, 0) is 6.42 Å². The maximum absolute atomic E-state index is 10.5. The Morgan fingerprint density at radius 1 is 1.18 bits per heavy atom. The van der Waals surface area contributed by atoms with Gasteiger partial charge in [0.25, 0.3) is 0 Å². The lowest BCUT2D eigenvalue weighted by molar-refractivity contribution is 0.0788.